The summed E-state index contributed by atoms with van der Waals surface area (Å²) in [6.07, 6.45) is 2.65. The number of carbonyl (C=O) groups is 1. The first kappa shape index (κ1) is 12.0. The van der Waals surface area contributed by atoms with Gasteiger partial charge in [-0.05, 0) is 19.4 Å². The molecule has 1 heterocycles. The van der Waals surface area contributed by atoms with E-state index in [9.17, 15) is 4.79 Å². The Morgan fingerprint density at radius 2 is 2.36 bits per heavy atom. The van der Waals surface area contributed by atoms with Gasteiger partial charge in [-0.1, -0.05) is 6.42 Å². The lowest BCUT2D eigenvalue weighted by atomic mass is 10.1. The van der Waals surface area contributed by atoms with Gasteiger partial charge >= 0.3 is 0 Å². The number of nitrogens with one attached hydrogen (secondary N) is 1. The molecule has 1 aliphatic heterocycles. The molecule has 0 aromatic carbocycles. The third kappa shape index (κ3) is 3.57. The number of hydrogen-bond acceptors (Lipinski definition) is 5. The fraction of sp³-hybridized carbons (Fsp3) is 0.889. The summed E-state index contributed by atoms with van der Waals surface area (Å²) in [7, 11) is 0. The van der Waals surface area contributed by atoms with E-state index in [0.29, 0.717) is 6.54 Å². The number of nitrogens with two attached hydrogens (primary N) is 2. The van der Waals surface area contributed by atoms with Crippen LogP contribution < -0.4 is 16.8 Å². The summed E-state index contributed by atoms with van der Waals surface area (Å²) in [6.45, 7) is 1.59. The summed E-state index contributed by atoms with van der Waals surface area (Å²) in [5, 5.41) is 3.07. The van der Waals surface area contributed by atoms with Crippen LogP contribution in [0.4, 0.5) is 0 Å². The van der Waals surface area contributed by atoms with Gasteiger partial charge in [0, 0.05) is 12.3 Å². The van der Waals surface area contributed by atoms with E-state index in [1.54, 1.807) is 11.8 Å². The van der Waals surface area contributed by atoms with Crippen molar-refractivity contribution in [2.75, 3.05) is 18.8 Å². The van der Waals surface area contributed by atoms with Crippen molar-refractivity contribution in [2.24, 2.45) is 11.5 Å². The van der Waals surface area contributed by atoms with Crippen molar-refractivity contribution in [3.63, 3.8) is 0 Å². The molecule has 1 aliphatic rings. The number of unbranched alkanes of at least 4 members (excludes halogenated alkanes) is 1. The number of carbonyl (C=O) groups excluding carboxylic acids is 1. The molecule has 0 radical (unpaired) electrons. The lowest BCUT2D eigenvalue weighted by molar-refractivity contribution is -0.120. The third-order valence-corrected chi connectivity index (χ3v) is 3.48. The zero-order valence-electron chi connectivity index (χ0n) is 8.37. The average Bonchev–Trinajstić information content (AvgIpc) is 2.69. The Bertz CT molecular complexity index is 183. The fourth-order valence-corrected chi connectivity index (χ4v) is 2.50. The zero-order chi connectivity index (χ0) is 10.4. The lowest BCUT2D eigenvalue weighted by Gasteiger charge is -2.14. The molecule has 0 saturated carbocycles. The van der Waals surface area contributed by atoms with E-state index in [2.05, 4.69) is 5.32 Å². The van der Waals surface area contributed by atoms with Crippen LogP contribution in [0, 0.1) is 0 Å². The molecule has 0 aromatic rings. The fourth-order valence-electron chi connectivity index (χ4n) is 1.45. The molecule has 1 saturated heterocycles. The van der Waals surface area contributed by atoms with Crippen molar-refractivity contribution >= 4 is 17.5 Å². The highest BCUT2D eigenvalue weighted by molar-refractivity contribution is 8.00. The minimum atomic E-state index is -0.315. The summed E-state index contributed by atoms with van der Waals surface area (Å²) in [5.74, 6) is 1.15. The molecule has 4 nitrogen and oxygen atoms in total. The van der Waals surface area contributed by atoms with Gasteiger partial charge in [-0.2, -0.15) is 0 Å². The van der Waals surface area contributed by atoms with Gasteiger partial charge < -0.3 is 11.5 Å². The molecule has 0 spiro atoms. The Morgan fingerprint density at radius 3 is 2.93 bits per heavy atom. The molecular formula is C9H19N3OS. The van der Waals surface area contributed by atoms with Crippen molar-refractivity contribution in [1.82, 2.24) is 5.32 Å². The smallest absolute Gasteiger partial charge is 0.176 e. The normalized spacial score (nSPS) is 23.7. The Morgan fingerprint density at radius 1 is 1.57 bits per heavy atom. The molecule has 2 atom stereocenters. The number of thioether (sulfide) groups is 1. The highest BCUT2D eigenvalue weighted by Gasteiger charge is 2.26. The van der Waals surface area contributed by atoms with Gasteiger partial charge in [0.2, 0.25) is 0 Å². The van der Waals surface area contributed by atoms with Gasteiger partial charge in [0.05, 0.1) is 6.04 Å². The number of Topliss-reactive ketones (excluding diaryl/α,β-unsaturated/α-hetero) is 1. The minimum Gasteiger partial charge on any atom is -0.330 e. The van der Waals surface area contributed by atoms with E-state index in [1.165, 1.54) is 0 Å². The lowest BCUT2D eigenvalue weighted by Crippen LogP contribution is -2.41. The highest BCUT2D eigenvalue weighted by Crippen LogP contribution is 2.16. The molecule has 0 amide bonds. The first-order valence-corrected chi connectivity index (χ1v) is 6.15. The Labute approximate surface area is 89.2 Å². The molecule has 5 N–H and O–H groups in total. The molecule has 0 aromatic heterocycles. The minimum absolute atomic E-state index is 0.0668. The van der Waals surface area contributed by atoms with Crippen molar-refractivity contribution < 1.29 is 4.79 Å². The van der Waals surface area contributed by atoms with Crippen LogP contribution in [0.2, 0.25) is 0 Å². The predicted octanol–water partition coefficient (Wildman–Crippen LogP) is -0.326. The van der Waals surface area contributed by atoms with Gasteiger partial charge in [0.1, 0.15) is 5.37 Å². The second-order valence-electron chi connectivity index (χ2n) is 3.50. The van der Waals surface area contributed by atoms with Crippen LogP contribution in [0.5, 0.6) is 0 Å². The van der Waals surface area contributed by atoms with Gasteiger partial charge in [-0.3, -0.25) is 10.1 Å². The van der Waals surface area contributed by atoms with Crippen molar-refractivity contribution in [1.29, 1.82) is 0 Å². The Kier molecular flexibility index (Phi) is 5.47. The molecule has 0 bridgehead atoms. The zero-order valence-corrected chi connectivity index (χ0v) is 9.19. The average molecular weight is 217 g/mol. The maximum atomic E-state index is 11.7. The van der Waals surface area contributed by atoms with Crippen molar-refractivity contribution in [3.05, 3.63) is 0 Å². The van der Waals surface area contributed by atoms with E-state index in [4.69, 9.17) is 11.5 Å². The van der Waals surface area contributed by atoms with Crippen LogP contribution in [-0.4, -0.2) is 36.0 Å². The largest absolute Gasteiger partial charge is 0.330 e. The maximum Gasteiger partial charge on any atom is 0.176 e. The molecule has 1 unspecified atom stereocenters. The topological polar surface area (TPSA) is 81.1 Å². The summed E-state index contributed by atoms with van der Waals surface area (Å²) in [6, 6.07) is -0.315. The van der Waals surface area contributed by atoms with E-state index >= 15 is 0 Å². The second kappa shape index (κ2) is 6.40. The van der Waals surface area contributed by atoms with Gasteiger partial charge in [-0.15, -0.1) is 11.8 Å². The van der Waals surface area contributed by atoms with Crippen molar-refractivity contribution in [2.45, 2.75) is 30.7 Å². The van der Waals surface area contributed by atoms with Gasteiger partial charge in [0.25, 0.3) is 0 Å². The molecule has 1 fully saturated rings. The van der Waals surface area contributed by atoms with Crippen LogP contribution in [0.1, 0.15) is 19.3 Å². The highest BCUT2D eigenvalue weighted by atomic mass is 32.2. The maximum absolute atomic E-state index is 11.7. The molecular weight excluding hydrogens is 198 g/mol. The van der Waals surface area contributed by atoms with Crippen LogP contribution in [0.3, 0.4) is 0 Å². The standard InChI is InChI=1S/C9H19N3OS/c10-4-2-1-3-7(11)8(13)9-12-5-6-14-9/h7,9,12H,1-6,10-11H2/t7-,9?/m0/s1. The first-order valence-electron chi connectivity index (χ1n) is 5.10. The molecule has 1 rings (SSSR count). The Balaban J connectivity index is 2.21. The summed E-state index contributed by atoms with van der Waals surface area (Å²) < 4.78 is 0. The second-order valence-corrected chi connectivity index (χ2v) is 4.71. The van der Waals surface area contributed by atoms with E-state index < -0.39 is 0 Å². The molecule has 0 aliphatic carbocycles. The molecule has 82 valence electrons. The van der Waals surface area contributed by atoms with Crippen LogP contribution in [0.25, 0.3) is 0 Å². The van der Waals surface area contributed by atoms with Gasteiger partial charge in [-0.25, -0.2) is 0 Å². The van der Waals surface area contributed by atoms with E-state index in [-0.39, 0.29) is 17.2 Å². The van der Waals surface area contributed by atoms with Crippen molar-refractivity contribution in [3.8, 4) is 0 Å². The predicted molar refractivity (Wildman–Crippen MR) is 60.1 cm³/mol. The SMILES string of the molecule is NCCCC[C@H](N)C(=O)C1NCCS1. The van der Waals surface area contributed by atoms with Gasteiger partial charge in [0.15, 0.2) is 5.78 Å². The number of ketones is 1. The van der Waals surface area contributed by atoms with E-state index in [1.807, 2.05) is 0 Å². The van der Waals surface area contributed by atoms with Crippen LogP contribution in [0.15, 0.2) is 0 Å². The van der Waals surface area contributed by atoms with Crippen LogP contribution >= 0.6 is 11.8 Å². The third-order valence-electron chi connectivity index (χ3n) is 2.31. The Hall–Kier alpha value is -0.100. The monoisotopic (exact) mass is 217 g/mol. The molecule has 14 heavy (non-hydrogen) atoms. The number of hydrogen-bond donors (Lipinski definition) is 3. The quantitative estimate of drug-likeness (QED) is 0.531. The molecule has 5 heteroatoms. The first-order chi connectivity index (χ1) is 6.75. The summed E-state index contributed by atoms with van der Waals surface area (Å²) in [5.41, 5.74) is 11.2. The number of rotatable bonds is 6. The summed E-state index contributed by atoms with van der Waals surface area (Å²) >= 11 is 1.65. The van der Waals surface area contributed by atoms with Crippen LogP contribution in [-0.2, 0) is 4.79 Å². The summed E-state index contributed by atoms with van der Waals surface area (Å²) in [4.78, 5) is 11.7. The van der Waals surface area contributed by atoms with E-state index in [0.717, 1.165) is 31.6 Å².